The highest BCUT2D eigenvalue weighted by Crippen LogP contribution is 2.43. The van der Waals surface area contributed by atoms with Gasteiger partial charge >= 0.3 is 0 Å². The van der Waals surface area contributed by atoms with Crippen molar-refractivity contribution in [2.75, 3.05) is 19.6 Å². The molecular weight excluding hydrogens is 341 g/mol. The predicted molar refractivity (Wildman–Crippen MR) is 106 cm³/mol. The summed E-state index contributed by atoms with van der Waals surface area (Å²) in [5.41, 5.74) is 1.96. The summed E-state index contributed by atoms with van der Waals surface area (Å²) >= 11 is 0. The Morgan fingerprint density at radius 2 is 1.70 bits per heavy atom. The number of β-amino-alcohol motifs (C(OH)–C–C–N with tert-alkyl or cyclic N) is 1. The molecule has 0 aromatic heterocycles. The van der Waals surface area contributed by atoms with Crippen LogP contribution in [0.15, 0.2) is 48.5 Å². The number of aliphatic hydroxyl groups is 1. The van der Waals surface area contributed by atoms with Gasteiger partial charge in [0.1, 0.15) is 0 Å². The Hall–Kier alpha value is -1.91. The lowest BCUT2D eigenvalue weighted by Crippen LogP contribution is -2.28. The standard InChI is InChI=1S/C22H26FNO2.CH4/c23-20-11-17(6-7-21(20)25)22(26)14-24-12-18-9-16(10-19(18)13-24)8-15-4-2-1-3-5-15;/h1-7,11,16,18-19,22,25-26H,8-10,12-14H2;1H4. The lowest BCUT2D eigenvalue weighted by molar-refractivity contribution is 0.120. The van der Waals surface area contributed by atoms with Crippen LogP contribution < -0.4 is 0 Å². The van der Waals surface area contributed by atoms with Gasteiger partial charge in [-0.25, -0.2) is 4.39 Å². The van der Waals surface area contributed by atoms with E-state index in [1.165, 1.54) is 37.0 Å². The lowest BCUT2D eigenvalue weighted by atomic mass is 9.96. The van der Waals surface area contributed by atoms with Crippen LogP contribution in [0.25, 0.3) is 0 Å². The van der Waals surface area contributed by atoms with Crippen LogP contribution in [0.4, 0.5) is 4.39 Å². The summed E-state index contributed by atoms with van der Waals surface area (Å²) < 4.78 is 13.5. The lowest BCUT2D eigenvalue weighted by Gasteiger charge is -2.22. The molecule has 3 unspecified atom stereocenters. The molecule has 2 fully saturated rings. The maximum Gasteiger partial charge on any atom is 0.165 e. The van der Waals surface area contributed by atoms with Crippen LogP contribution in [-0.2, 0) is 6.42 Å². The number of benzene rings is 2. The van der Waals surface area contributed by atoms with Gasteiger partial charge < -0.3 is 10.2 Å². The summed E-state index contributed by atoms with van der Waals surface area (Å²) in [7, 11) is 0. The van der Waals surface area contributed by atoms with Gasteiger partial charge in [0.2, 0.25) is 0 Å². The zero-order valence-corrected chi connectivity index (χ0v) is 14.9. The first-order chi connectivity index (χ1) is 12.6. The third-order valence-corrected chi connectivity index (χ3v) is 6.08. The number of aliphatic hydroxyl groups excluding tert-OH is 1. The zero-order valence-electron chi connectivity index (χ0n) is 14.9. The molecule has 2 aromatic carbocycles. The molecule has 2 N–H and O–H groups in total. The molecule has 27 heavy (non-hydrogen) atoms. The minimum atomic E-state index is -0.718. The van der Waals surface area contributed by atoms with E-state index < -0.39 is 11.9 Å². The van der Waals surface area contributed by atoms with Crippen molar-refractivity contribution in [2.24, 2.45) is 17.8 Å². The van der Waals surface area contributed by atoms with Crippen molar-refractivity contribution in [1.29, 1.82) is 0 Å². The molecule has 2 aliphatic rings. The molecule has 0 bridgehead atoms. The Bertz CT molecular complexity index is 737. The van der Waals surface area contributed by atoms with Gasteiger partial charge in [-0.3, -0.25) is 4.90 Å². The maximum atomic E-state index is 13.5. The number of phenolic OH excluding ortho intramolecular Hbond substituents is 1. The number of aromatic hydroxyl groups is 1. The molecule has 2 aromatic rings. The molecule has 3 atom stereocenters. The smallest absolute Gasteiger partial charge is 0.165 e. The van der Waals surface area contributed by atoms with Gasteiger partial charge in [0, 0.05) is 19.6 Å². The number of likely N-dealkylation sites (tertiary alicyclic amines) is 1. The van der Waals surface area contributed by atoms with E-state index >= 15 is 0 Å². The average molecular weight is 371 g/mol. The average Bonchev–Trinajstić information content (AvgIpc) is 3.16. The number of hydrogen-bond donors (Lipinski definition) is 2. The second-order valence-electron chi connectivity index (χ2n) is 7.99. The predicted octanol–water partition coefficient (Wildman–Crippen LogP) is 4.40. The highest BCUT2D eigenvalue weighted by Gasteiger charge is 2.40. The highest BCUT2D eigenvalue weighted by atomic mass is 19.1. The number of halogens is 1. The SMILES string of the molecule is C.Oc1ccc(C(O)CN2CC3CC(Cc4ccccc4)CC3C2)cc1F. The third-order valence-electron chi connectivity index (χ3n) is 6.08. The number of fused-ring (bicyclic) bond motifs is 1. The summed E-state index contributed by atoms with van der Waals surface area (Å²) in [6, 6.07) is 14.8. The van der Waals surface area contributed by atoms with Crippen molar-refractivity contribution in [3.8, 4) is 5.75 Å². The first-order valence-corrected chi connectivity index (χ1v) is 9.51. The van der Waals surface area contributed by atoms with Crippen LogP contribution in [0.5, 0.6) is 5.75 Å². The molecule has 4 heteroatoms. The summed E-state index contributed by atoms with van der Waals surface area (Å²) in [5, 5.41) is 19.7. The van der Waals surface area contributed by atoms with E-state index in [0.717, 1.165) is 19.0 Å². The Morgan fingerprint density at radius 3 is 2.33 bits per heavy atom. The number of hydrogen-bond acceptors (Lipinski definition) is 3. The van der Waals surface area contributed by atoms with E-state index in [0.29, 0.717) is 23.9 Å². The first kappa shape index (κ1) is 19.8. The molecule has 0 amide bonds. The van der Waals surface area contributed by atoms with Crippen LogP contribution in [0.1, 0.15) is 37.5 Å². The van der Waals surface area contributed by atoms with Crippen molar-refractivity contribution in [2.45, 2.75) is 32.8 Å². The van der Waals surface area contributed by atoms with Crippen LogP contribution in [0.3, 0.4) is 0 Å². The van der Waals surface area contributed by atoms with Gasteiger partial charge in [0.25, 0.3) is 0 Å². The molecule has 0 radical (unpaired) electrons. The monoisotopic (exact) mass is 371 g/mol. The minimum absolute atomic E-state index is 0. The molecule has 3 nitrogen and oxygen atoms in total. The van der Waals surface area contributed by atoms with Crippen LogP contribution in [0, 0.1) is 23.6 Å². The molecule has 4 rings (SSSR count). The van der Waals surface area contributed by atoms with Gasteiger partial charge in [-0.2, -0.15) is 0 Å². The fraction of sp³-hybridized carbons (Fsp3) is 0.478. The van der Waals surface area contributed by atoms with Gasteiger partial charge in [0.15, 0.2) is 11.6 Å². The molecule has 1 saturated carbocycles. The normalized spacial score (nSPS) is 25.8. The maximum absolute atomic E-state index is 13.5. The molecule has 1 aliphatic carbocycles. The van der Waals surface area contributed by atoms with Crippen LogP contribution in [-0.4, -0.2) is 34.7 Å². The summed E-state index contributed by atoms with van der Waals surface area (Å²) in [6.45, 7) is 2.57. The number of phenols is 1. The Kier molecular flexibility index (Phi) is 6.18. The van der Waals surface area contributed by atoms with E-state index in [-0.39, 0.29) is 13.2 Å². The Morgan fingerprint density at radius 1 is 1.04 bits per heavy atom. The fourth-order valence-electron chi connectivity index (χ4n) is 4.87. The van der Waals surface area contributed by atoms with E-state index in [1.54, 1.807) is 6.07 Å². The minimum Gasteiger partial charge on any atom is -0.505 e. The Labute approximate surface area is 161 Å². The van der Waals surface area contributed by atoms with Gasteiger partial charge in [-0.05, 0) is 60.3 Å². The molecular formula is C23H30FNO2. The van der Waals surface area contributed by atoms with E-state index in [9.17, 15) is 14.6 Å². The number of rotatable bonds is 5. The van der Waals surface area contributed by atoms with Crippen LogP contribution in [0.2, 0.25) is 0 Å². The Balaban J connectivity index is 0.00000210. The number of nitrogens with zero attached hydrogens (tertiary/aromatic N) is 1. The van der Waals surface area contributed by atoms with Gasteiger partial charge in [-0.15, -0.1) is 0 Å². The highest BCUT2D eigenvalue weighted by molar-refractivity contribution is 5.29. The summed E-state index contributed by atoms with van der Waals surface area (Å²) in [5.74, 6) is 1.15. The van der Waals surface area contributed by atoms with Gasteiger partial charge in [0.05, 0.1) is 6.10 Å². The zero-order chi connectivity index (χ0) is 18.1. The van der Waals surface area contributed by atoms with Crippen molar-refractivity contribution in [1.82, 2.24) is 4.90 Å². The van der Waals surface area contributed by atoms with Crippen molar-refractivity contribution in [3.05, 3.63) is 65.5 Å². The second-order valence-corrected chi connectivity index (χ2v) is 7.99. The van der Waals surface area contributed by atoms with Crippen molar-refractivity contribution < 1.29 is 14.6 Å². The largest absolute Gasteiger partial charge is 0.505 e. The van der Waals surface area contributed by atoms with Crippen molar-refractivity contribution >= 4 is 0 Å². The first-order valence-electron chi connectivity index (χ1n) is 9.51. The molecule has 1 heterocycles. The summed E-state index contributed by atoms with van der Waals surface area (Å²) in [4.78, 5) is 2.31. The van der Waals surface area contributed by atoms with E-state index in [4.69, 9.17) is 0 Å². The quantitative estimate of drug-likeness (QED) is 0.819. The molecule has 1 saturated heterocycles. The van der Waals surface area contributed by atoms with Gasteiger partial charge in [-0.1, -0.05) is 43.8 Å². The molecule has 1 aliphatic heterocycles. The topological polar surface area (TPSA) is 43.7 Å². The van der Waals surface area contributed by atoms with E-state index in [1.807, 2.05) is 0 Å². The van der Waals surface area contributed by atoms with Crippen molar-refractivity contribution in [3.63, 3.8) is 0 Å². The molecule has 0 spiro atoms. The fourth-order valence-corrected chi connectivity index (χ4v) is 4.87. The summed E-state index contributed by atoms with van der Waals surface area (Å²) in [6.07, 6.45) is 2.98. The third kappa shape index (κ3) is 4.50. The molecule has 146 valence electrons. The second kappa shape index (κ2) is 8.41. The van der Waals surface area contributed by atoms with E-state index in [2.05, 4.69) is 35.2 Å². The van der Waals surface area contributed by atoms with Crippen LogP contribution >= 0.6 is 0 Å².